The van der Waals surface area contributed by atoms with E-state index in [2.05, 4.69) is 15.0 Å². The van der Waals surface area contributed by atoms with Gasteiger partial charge in [0.2, 0.25) is 0 Å². The molecule has 5 nitrogen and oxygen atoms in total. The average Bonchev–Trinajstić information content (AvgIpc) is 3.00. The van der Waals surface area contributed by atoms with Crippen LogP contribution in [0.1, 0.15) is 25.4 Å². The van der Waals surface area contributed by atoms with Crippen molar-refractivity contribution in [2.45, 2.75) is 33.7 Å². The van der Waals surface area contributed by atoms with Crippen molar-refractivity contribution in [2.75, 3.05) is 0 Å². The van der Waals surface area contributed by atoms with Gasteiger partial charge >= 0.3 is 0 Å². The predicted octanol–water partition coefficient (Wildman–Crippen LogP) is 2.68. The quantitative estimate of drug-likeness (QED) is 0.803. The largest absolute Gasteiger partial charge is 0.361 e. The van der Waals surface area contributed by atoms with Gasteiger partial charge in [-0.3, -0.25) is 9.36 Å². The van der Waals surface area contributed by atoms with Crippen LogP contribution in [0.5, 0.6) is 0 Å². The molecule has 0 aliphatic rings. The molecule has 108 valence electrons. The van der Waals surface area contributed by atoms with E-state index in [-0.39, 0.29) is 5.56 Å². The van der Waals surface area contributed by atoms with Crippen LogP contribution in [0.4, 0.5) is 0 Å². The Morgan fingerprint density at radius 3 is 2.71 bits per heavy atom. The molecule has 3 heterocycles. The van der Waals surface area contributed by atoms with E-state index in [0.717, 1.165) is 34.7 Å². The summed E-state index contributed by atoms with van der Waals surface area (Å²) in [6, 6.07) is 5.68. The van der Waals surface area contributed by atoms with E-state index < -0.39 is 0 Å². The maximum atomic E-state index is 12.7. The van der Waals surface area contributed by atoms with Gasteiger partial charge in [-0.1, -0.05) is 6.92 Å². The lowest BCUT2D eigenvalue weighted by atomic mass is 10.1. The van der Waals surface area contributed by atoms with E-state index in [0.29, 0.717) is 12.1 Å². The molecule has 0 spiro atoms. The predicted molar refractivity (Wildman–Crippen MR) is 83.4 cm³/mol. The molecular weight excluding hydrogens is 264 g/mol. The van der Waals surface area contributed by atoms with Gasteiger partial charge in [0.25, 0.3) is 5.56 Å². The molecule has 0 bridgehead atoms. The van der Waals surface area contributed by atoms with Gasteiger partial charge in [-0.2, -0.15) is 0 Å². The molecule has 21 heavy (non-hydrogen) atoms. The molecule has 0 unspecified atom stereocenters. The lowest BCUT2D eigenvalue weighted by molar-refractivity contribution is 0.743. The first-order chi connectivity index (χ1) is 10.2. The molecular formula is C16H18N4O. The highest BCUT2D eigenvalue weighted by atomic mass is 16.1. The molecule has 0 fully saturated rings. The molecule has 0 amide bonds. The van der Waals surface area contributed by atoms with E-state index >= 15 is 0 Å². The van der Waals surface area contributed by atoms with E-state index in [4.69, 9.17) is 0 Å². The number of hydrogen-bond acceptors (Lipinski definition) is 3. The van der Waals surface area contributed by atoms with Crippen LogP contribution in [0.25, 0.3) is 22.3 Å². The molecule has 0 radical (unpaired) electrons. The first-order valence-corrected chi connectivity index (χ1v) is 7.20. The van der Waals surface area contributed by atoms with Crippen molar-refractivity contribution in [1.29, 1.82) is 0 Å². The Morgan fingerprint density at radius 1 is 1.29 bits per heavy atom. The monoisotopic (exact) mass is 282 g/mol. The third-order valence-electron chi connectivity index (χ3n) is 3.70. The number of fused-ring (bicyclic) bond motifs is 1. The summed E-state index contributed by atoms with van der Waals surface area (Å²) in [6.07, 6.45) is 2.58. The number of nitrogens with zero attached hydrogens (tertiary/aromatic N) is 3. The maximum Gasteiger partial charge on any atom is 0.261 e. The number of hydrogen-bond donors (Lipinski definition) is 1. The molecule has 3 rings (SSSR count). The van der Waals surface area contributed by atoms with Crippen LogP contribution >= 0.6 is 0 Å². The van der Waals surface area contributed by atoms with Crippen LogP contribution in [0, 0.1) is 6.92 Å². The zero-order valence-corrected chi connectivity index (χ0v) is 12.5. The Kier molecular flexibility index (Phi) is 3.33. The van der Waals surface area contributed by atoms with Crippen molar-refractivity contribution >= 4 is 11.0 Å². The van der Waals surface area contributed by atoms with Crippen LogP contribution in [0.2, 0.25) is 0 Å². The molecule has 1 N–H and O–H groups in total. The number of nitrogens with one attached hydrogen (secondary N) is 1. The smallest absolute Gasteiger partial charge is 0.261 e. The van der Waals surface area contributed by atoms with Gasteiger partial charge in [0.1, 0.15) is 11.5 Å². The van der Waals surface area contributed by atoms with Crippen LogP contribution in [-0.4, -0.2) is 19.5 Å². The van der Waals surface area contributed by atoms with Crippen LogP contribution in [0.3, 0.4) is 0 Å². The zero-order valence-electron chi connectivity index (χ0n) is 12.5. The zero-order chi connectivity index (χ0) is 15.0. The second-order valence-electron chi connectivity index (χ2n) is 5.01. The fourth-order valence-corrected chi connectivity index (χ4v) is 2.59. The van der Waals surface area contributed by atoms with Crippen molar-refractivity contribution in [1.82, 2.24) is 19.5 Å². The molecule has 0 atom stereocenters. The molecule has 0 aromatic carbocycles. The minimum atomic E-state index is -0.0207. The third-order valence-corrected chi connectivity index (χ3v) is 3.70. The Bertz CT molecular complexity index is 847. The summed E-state index contributed by atoms with van der Waals surface area (Å²) in [5.41, 5.74) is 3.09. The summed E-state index contributed by atoms with van der Waals surface area (Å²) in [4.78, 5) is 24.9. The van der Waals surface area contributed by atoms with E-state index in [9.17, 15) is 4.79 Å². The van der Waals surface area contributed by atoms with E-state index in [1.165, 1.54) is 0 Å². The standard InChI is InChI=1S/C16H18N4O/c1-4-14-18-10(3)11-9-12(13-7-6-8-17-13)16(21)20(5-2)15(11)19-14/h6-9,17H,4-5H2,1-3H3. The summed E-state index contributed by atoms with van der Waals surface area (Å²) in [6.45, 7) is 6.53. The number of rotatable bonds is 3. The molecule has 0 aliphatic carbocycles. The van der Waals surface area contributed by atoms with Crippen molar-refractivity contribution < 1.29 is 0 Å². The van der Waals surface area contributed by atoms with Gasteiger partial charge in [0.05, 0.1) is 17.0 Å². The summed E-state index contributed by atoms with van der Waals surface area (Å²) in [5, 5.41) is 0.929. The lowest BCUT2D eigenvalue weighted by Crippen LogP contribution is -2.23. The van der Waals surface area contributed by atoms with E-state index in [1.54, 1.807) is 4.57 Å². The van der Waals surface area contributed by atoms with Crippen molar-refractivity contribution in [2.24, 2.45) is 0 Å². The molecule has 0 saturated heterocycles. The van der Waals surface area contributed by atoms with Gasteiger partial charge in [0, 0.05) is 24.5 Å². The summed E-state index contributed by atoms with van der Waals surface area (Å²) in [7, 11) is 0. The van der Waals surface area contributed by atoms with Crippen LogP contribution < -0.4 is 5.56 Å². The number of aromatic amines is 1. The number of pyridine rings is 1. The van der Waals surface area contributed by atoms with Crippen LogP contribution in [0.15, 0.2) is 29.2 Å². The van der Waals surface area contributed by atoms with Gasteiger partial charge in [-0.05, 0) is 32.0 Å². The summed E-state index contributed by atoms with van der Waals surface area (Å²) >= 11 is 0. The molecule has 0 aliphatic heterocycles. The fourth-order valence-electron chi connectivity index (χ4n) is 2.59. The SMILES string of the molecule is CCc1nc(C)c2cc(-c3ccc[nH]3)c(=O)n(CC)c2n1. The highest BCUT2D eigenvalue weighted by Crippen LogP contribution is 2.21. The minimum absolute atomic E-state index is 0.0207. The molecule has 3 aromatic heterocycles. The normalized spacial score (nSPS) is 11.2. The first kappa shape index (κ1) is 13.5. The van der Waals surface area contributed by atoms with Crippen LogP contribution in [-0.2, 0) is 13.0 Å². The Balaban J connectivity index is 2.42. The van der Waals surface area contributed by atoms with E-state index in [1.807, 2.05) is 45.2 Å². The van der Waals surface area contributed by atoms with Gasteiger partial charge in [-0.15, -0.1) is 0 Å². The maximum absolute atomic E-state index is 12.7. The second kappa shape index (κ2) is 5.16. The topological polar surface area (TPSA) is 63.6 Å². The average molecular weight is 282 g/mol. The molecule has 0 saturated carbocycles. The highest BCUT2D eigenvalue weighted by molar-refractivity contribution is 5.82. The summed E-state index contributed by atoms with van der Waals surface area (Å²) in [5.74, 6) is 0.772. The highest BCUT2D eigenvalue weighted by Gasteiger charge is 2.14. The first-order valence-electron chi connectivity index (χ1n) is 7.20. The fraction of sp³-hybridized carbons (Fsp3) is 0.312. The third kappa shape index (κ3) is 2.14. The minimum Gasteiger partial charge on any atom is -0.361 e. The van der Waals surface area contributed by atoms with Crippen molar-refractivity contribution in [3.8, 4) is 11.3 Å². The van der Waals surface area contributed by atoms with Crippen molar-refractivity contribution in [3.05, 3.63) is 46.3 Å². The van der Waals surface area contributed by atoms with Gasteiger partial charge < -0.3 is 4.98 Å². The molecule has 5 heteroatoms. The van der Waals surface area contributed by atoms with Gasteiger partial charge in [0.15, 0.2) is 0 Å². The molecule has 3 aromatic rings. The Labute approximate surface area is 122 Å². The Morgan fingerprint density at radius 2 is 2.10 bits per heavy atom. The summed E-state index contributed by atoms with van der Waals surface area (Å²) < 4.78 is 1.72. The van der Waals surface area contributed by atoms with Gasteiger partial charge in [-0.25, -0.2) is 9.97 Å². The lowest BCUT2D eigenvalue weighted by Gasteiger charge is -2.12. The second-order valence-corrected chi connectivity index (χ2v) is 5.01. The number of aryl methyl sites for hydroxylation is 3. The number of aromatic nitrogens is 4. The number of H-pyrrole nitrogens is 1. The Hall–Kier alpha value is -2.43. The van der Waals surface area contributed by atoms with Crippen molar-refractivity contribution in [3.63, 3.8) is 0 Å².